The summed E-state index contributed by atoms with van der Waals surface area (Å²) in [5.41, 5.74) is 3.36. The Hall–Kier alpha value is -3.93. The van der Waals surface area contributed by atoms with Gasteiger partial charge in [-0.05, 0) is 12.1 Å². The molecule has 0 aliphatic heterocycles. The maximum atomic E-state index is 12.7. The highest BCUT2D eigenvalue weighted by molar-refractivity contribution is 6.13. The molecule has 0 aliphatic carbocycles. The van der Waals surface area contributed by atoms with E-state index < -0.39 is 12.0 Å². The summed E-state index contributed by atoms with van der Waals surface area (Å²) in [7, 11) is 1.33. The predicted molar refractivity (Wildman–Crippen MR) is 111 cm³/mol. The van der Waals surface area contributed by atoms with Crippen molar-refractivity contribution in [3.05, 3.63) is 102 Å². The van der Waals surface area contributed by atoms with E-state index in [4.69, 9.17) is 9.73 Å². The molecular formula is C23H18N4O2. The number of aliphatic imine (C=N–C) groups is 1. The van der Waals surface area contributed by atoms with E-state index in [-0.39, 0.29) is 0 Å². The molecule has 2 heterocycles. The lowest BCUT2D eigenvalue weighted by molar-refractivity contribution is -0.142. The molecule has 0 spiro atoms. The fourth-order valence-corrected chi connectivity index (χ4v) is 3.09. The standard InChI is InChI=1S/C23H18N4O2/c1-29-23(28)22(21-20-18(15-25-27-21)13-8-14-24-20)26-19(16-9-4-2-5-10-16)17-11-6-3-7-12-17/h2-15,22H,1H3. The Morgan fingerprint density at radius 1 is 0.931 bits per heavy atom. The molecule has 6 heteroatoms. The predicted octanol–water partition coefficient (Wildman–Crippen LogP) is 3.78. The molecule has 6 nitrogen and oxygen atoms in total. The first kappa shape index (κ1) is 18.4. The summed E-state index contributed by atoms with van der Waals surface area (Å²) < 4.78 is 5.05. The Morgan fingerprint density at radius 3 is 2.21 bits per heavy atom. The minimum atomic E-state index is -0.999. The average molecular weight is 382 g/mol. The monoisotopic (exact) mass is 382 g/mol. The van der Waals surface area contributed by atoms with Gasteiger partial charge in [-0.2, -0.15) is 10.2 Å². The third-order valence-corrected chi connectivity index (χ3v) is 4.48. The van der Waals surface area contributed by atoms with E-state index in [9.17, 15) is 4.79 Å². The van der Waals surface area contributed by atoms with E-state index in [1.807, 2.05) is 72.8 Å². The summed E-state index contributed by atoms with van der Waals surface area (Å²) in [6.07, 6.45) is 3.26. The quantitative estimate of drug-likeness (QED) is 0.388. The molecule has 0 saturated heterocycles. The van der Waals surface area contributed by atoms with Gasteiger partial charge in [-0.15, -0.1) is 0 Å². The van der Waals surface area contributed by atoms with Gasteiger partial charge in [0.2, 0.25) is 0 Å². The SMILES string of the molecule is COC(=O)C(N=C(c1ccccc1)c1ccccc1)c1nncc2cccnc12. The Morgan fingerprint density at radius 2 is 1.59 bits per heavy atom. The van der Waals surface area contributed by atoms with Crippen LogP contribution in [0.5, 0.6) is 0 Å². The topological polar surface area (TPSA) is 77.3 Å². The van der Waals surface area contributed by atoms with Crippen molar-refractivity contribution in [1.82, 2.24) is 15.2 Å². The number of nitrogens with zero attached hydrogens (tertiary/aromatic N) is 4. The van der Waals surface area contributed by atoms with Crippen LogP contribution in [0.25, 0.3) is 10.9 Å². The Balaban J connectivity index is 1.94. The zero-order valence-corrected chi connectivity index (χ0v) is 15.8. The smallest absolute Gasteiger partial charge is 0.337 e. The van der Waals surface area contributed by atoms with Crippen LogP contribution in [-0.4, -0.2) is 34.0 Å². The summed E-state index contributed by atoms with van der Waals surface area (Å²) in [6.45, 7) is 0. The number of methoxy groups -OCH3 is 1. The summed E-state index contributed by atoms with van der Waals surface area (Å²) in [4.78, 5) is 21.9. The number of aromatic nitrogens is 3. The molecule has 0 N–H and O–H groups in total. The highest BCUT2D eigenvalue weighted by atomic mass is 16.5. The number of hydrogen-bond acceptors (Lipinski definition) is 6. The van der Waals surface area contributed by atoms with E-state index in [0.29, 0.717) is 16.9 Å². The first-order chi connectivity index (χ1) is 14.3. The van der Waals surface area contributed by atoms with Crippen LogP contribution in [0.1, 0.15) is 22.9 Å². The van der Waals surface area contributed by atoms with E-state index in [2.05, 4.69) is 15.2 Å². The van der Waals surface area contributed by atoms with Crippen LogP contribution in [0, 0.1) is 0 Å². The van der Waals surface area contributed by atoms with Crippen LogP contribution in [0.3, 0.4) is 0 Å². The molecule has 4 rings (SSSR count). The van der Waals surface area contributed by atoms with Gasteiger partial charge >= 0.3 is 5.97 Å². The number of esters is 1. The fourth-order valence-electron chi connectivity index (χ4n) is 3.09. The molecule has 0 saturated carbocycles. The van der Waals surface area contributed by atoms with Gasteiger partial charge in [-0.3, -0.25) is 9.98 Å². The van der Waals surface area contributed by atoms with E-state index in [0.717, 1.165) is 16.5 Å². The molecule has 2 aromatic heterocycles. The second kappa shape index (κ2) is 8.39. The number of pyridine rings is 1. The van der Waals surface area contributed by atoms with Crippen molar-refractivity contribution >= 4 is 22.6 Å². The maximum Gasteiger partial charge on any atom is 0.337 e. The molecule has 0 bridgehead atoms. The molecule has 29 heavy (non-hydrogen) atoms. The van der Waals surface area contributed by atoms with Crippen LogP contribution in [0.15, 0.2) is 90.2 Å². The Kier molecular flexibility index (Phi) is 5.33. The van der Waals surface area contributed by atoms with Crippen LogP contribution in [-0.2, 0) is 9.53 Å². The largest absolute Gasteiger partial charge is 0.467 e. The van der Waals surface area contributed by atoms with Crippen LogP contribution >= 0.6 is 0 Å². The number of carbonyl (C=O) groups excluding carboxylic acids is 1. The lowest BCUT2D eigenvalue weighted by atomic mass is 10.0. The Bertz CT molecular complexity index is 1110. The number of ether oxygens (including phenoxy) is 1. The van der Waals surface area contributed by atoms with Crippen molar-refractivity contribution in [2.45, 2.75) is 6.04 Å². The number of rotatable bonds is 5. The second-order valence-electron chi connectivity index (χ2n) is 6.31. The number of benzene rings is 2. The van der Waals surface area contributed by atoms with E-state index in [1.54, 1.807) is 12.4 Å². The van der Waals surface area contributed by atoms with Crippen LogP contribution in [0.2, 0.25) is 0 Å². The van der Waals surface area contributed by atoms with Gasteiger partial charge in [-0.1, -0.05) is 60.7 Å². The molecule has 1 atom stereocenters. The molecule has 4 aromatic rings. The van der Waals surface area contributed by atoms with Crippen LogP contribution in [0.4, 0.5) is 0 Å². The number of carbonyl (C=O) groups is 1. The van der Waals surface area contributed by atoms with Crippen molar-refractivity contribution in [3.63, 3.8) is 0 Å². The molecule has 0 radical (unpaired) electrons. The normalized spacial score (nSPS) is 11.6. The van der Waals surface area contributed by atoms with E-state index >= 15 is 0 Å². The van der Waals surface area contributed by atoms with Crippen molar-refractivity contribution < 1.29 is 9.53 Å². The Labute approximate surface area is 167 Å². The third-order valence-electron chi connectivity index (χ3n) is 4.48. The van der Waals surface area contributed by atoms with Gasteiger partial charge in [-0.25, -0.2) is 4.79 Å². The fraction of sp³-hybridized carbons (Fsp3) is 0.0870. The minimum Gasteiger partial charge on any atom is -0.467 e. The summed E-state index contributed by atoms with van der Waals surface area (Å²) in [6, 6.07) is 22.1. The minimum absolute atomic E-state index is 0.360. The van der Waals surface area contributed by atoms with Crippen LogP contribution < -0.4 is 0 Å². The van der Waals surface area contributed by atoms with Crippen molar-refractivity contribution in [1.29, 1.82) is 0 Å². The van der Waals surface area contributed by atoms with Gasteiger partial charge in [0.05, 0.1) is 24.5 Å². The van der Waals surface area contributed by atoms with Crippen molar-refractivity contribution in [3.8, 4) is 0 Å². The highest BCUT2D eigenvalue weighted by Gasteiger charge is 2.27. The first-order valence-electron chi connectivity index (χ1n) is 9.10. The van der Waals surface area contributed by atoms with Crippen molar-refractivity contribution in [2.75, 3.05) is 7.11 Å². The summed E-state index contributed by atoms with van der Waals surface area (Å²) >= 11 is 0. The number of hydrogen-bond donors (Lipinski definition) is 0. The lowest BCUT2D eigenvalue weighted by Gasteiger charge is -2.14. The van der Waals surface area contributed by atoms with E-state index in [1.165, 1.54) is 7.11 Å². The van der Waals surface area contributed by atoms with Gasteiger partial charge < -0.3 is 4.74 Å². The summed E-state index contributed by atoms with van der Waals surface area (Å²) in [5.74, 6) is -0.526. The van der Waals surface area contributed by atoms with Gasteiger partial charge in [0, 0.05) is 22.7 Å². The van der Waals surface area contributed by atoms with Crippen molar-refractivity contribution in [2.24, 2.45) is 4.99 Å². The molecule has 142 valence electrons. The maximum absolute atomic E-state index is 12.7. The molecule has 1 unspecified atom stereocenters. The molecule has 2 aromatic carbocycles. The molecule has 0 aliphatic rings. The summed E-state index contributed by atoms with van der Waals surface area (Å²) in [5, 5.41) is 9.01. The lowest BCUT2D eigenvalue weighted by Crippen LogP contribution is -2.18. The number of fused-ring (bicyclic) bond motifs is 1. The van der Waals surface area contributed by atoms with Gasteiger partial charge in [0.1, 0.15) is 5.69 Å². The highest BCUT2D eigenvalue weighted by Crippen LogP contribution is 2.25. The zero-order valence-electron chi connectivity index (χ0n) is 15.8. The zero-order chi connectivity index (χ0) is 20.1. The molecule has 0 amide bonds. The first-order valence-corrected chi connectivity index (χ1v) is 9.10. The average Bonchev–Trinajstić information content (AvgIpc) is 2.80. The van der Waals surface area contributed by atoms with Gasteiger partial charge in [0.15, 0.2) is 6.04 Å². The third kappa shape index (κ3) is 3.87. The van der Waals surface area contributed by atoms with Gasteiger partial charge in [0.25, 0.3) is 0 Å². The molecular weight excluding hydrogens is 364 g/mol. The second-order valence-corrected chi connectivity index (χ2v) is 6.31. The molecule has 0 fully saturated rings.